The van der Waals surface area contributed by atoms with Gasteiger partial charge in [-0.3, -0.25) is 4.79 Å². The van der Waals surface area contributed by atoms with E-state index in [1.165, 1.54) is 0 Å². The molecule has 1 N–H and O–H groups in total. The second kappa shape index (κ2) is 7.78. The minimum atomic E-state index is -4.55. The van der Waals surface area contributed by atoms with Gasteiger partial charge in [-0.25, -0.2) is 9.67 Å². The number of tetrazole rings is 1. The normalized spacial score (nSPS) is 15.4. The summed E-state index contributed by atoms with van der Waals surface area (Å²) in [6, 6.07) is 0.958. The van der Waals surface area contributed by atoms with Crippen LogP contribution in [0.15, 0.2) is 17.4 Å². The number of thioether (sulfide) groups is 1. The van der Waals surface area contributed by atoms with Crippen molar-refractivity contribution in [1.29, 1.82) is 0 Å². The highest BCUT2D eigenvalue weighted by Gasteiger charge is 2.31. The van der Waals surface area contributed by atoms with E-state index in [2.05, 4.69) is 25.8 Å². The van der Waals surface area contributed by atoms with Crippen molar-refractivity contribution in [2.24, 2.45) is 0 Å². The largest absolute Gasteiger partial charge is 0.417 e. The molecule has 1 amide bonds. The molecule has 0 aliphatic heterocycles. The molecule has 1 aliphatic rings. The Morgan fingerprint density at radius 2 is 2.12 bits per heavy atom. The molecule has 1 aliphatic carbocycles. The summed E-state index contributed by atoms with van der Waals surface area (Å²) >= 11 is 6.92. The quantitative estimate of drug-likeness (QED) is 0.764. The maximum absolute atomic E-state index is 12.6. The number of amides is 1. The first-order valence-electron chi connectivity index (χ1n) is 7.78. The molecule has 7 nitrogen and oxygen atoms in total. The lowest BCUT2D eigenvalue weighted by Crippen LogP contribution is -2.17. The van der Waals surface area contributed by atoms with E-state index in [1.807, 2.05) is 0 Å². The first-order chi connectivity index (χ1) is 12.3. The summed E-state index contributed by atoms with van der Waals surface area (Å²) < 4.78 is 39.5. The van der Waals surface area contributed by atoms with E-state index in [-0.39, 0.29) is 22.6 Å². The molecular weight excluding hydrogens is 393 g/mol. The van der Waals surface area contributed by atoms with Crippen LogP contribution in [0, 0.1) is 0 Å². The van der Waals surface area contributed by atoms with Crippen molar-refractivity contribution >= 4 is 35.1 Å². The molecular formula is C14H14ClF3N6OS. The molecule has 0 spiro atoms. The van der Waals surface area contributed by atoms with Gasteiger partial charge in [0.1, 0.15) is 0 Å². The van der Waals surface area contributed by atoms with Crippen LogP contribution in [-0.4, -0.2) is 36.9 Å². The highest BCUT2D eigenvalue weighted by atomic mass is 35.5. The number of carbonyl (C=O) groups is 1. The molecule has 2 aromatic rings. The summed E-state index contributed by atoms with van der Waals surface area (Å²) in [5.74, 6) is -0.614. The molecule has 0 bridgehead atoms. The molecule has 3 rings (SSSR count). The van der Waals surface area contributed by atoms with E-state index in [0.29, 0.717) is 11.4 Å². The minimum absolute atomic E-state index is 0.0217. The number of pyridine rings is 1. The molecule has 26 heavy (non-hydrogen) atoms. The Balaban J connectivity index is 1.59. The molecule has 1 fully saturated rings. The van der Waals surface area contributed by atoms with Crippen molar-refractivity contribution in [3.05, 3.63) is 22.8 Å². The van der Waals surface area contributed by atoms with Crippen LogP contribution in [0.2, 0.25) is 5.02 Å². The van der Waals surface area contributed by atoms with Gasteiger partial charge in [0.05, 0.1) is 22.4 Å². The van der Waals surface area contributed by atoms with Gasteiger partial charge < -0.3 is 5.32 Å². The third-order valence-corrected chi connectivity index (χ3v) is 5.11. The number of carbonyl (C=O) groups excluding carboxylic acids is 1. The van der Waals surface area contributed by atoms with Crippen LogP contribution < -0.4 is 5.32 Å². The summed E-state index contributed by atoms with van der Waals surface area (Å²) in [6.45, 7) is 0. The van der Waals surface area contributed by atoms with Gasteiger partial charge in [-0.15, -0.1) is 5.10 Å². The first-order valence-corrected chi connectivity index (χ1v) is 9.14. The predicted molar refractivity (Wildman–Crippen MR) is 88.9 cm³/mol. The molecule has 0 atom stereocenters. The van der Waals surface area contributed by atoms with E-state index in [4.69, 9.17) is 11.6 Å². The van der Waals surface area contributed by atoms with Crippen molar-refractivity contribution in [2.75, 3.05) is 11.1 Å². The van der Waals surface area contributed by atoms with Gasteiger partial charge in [0.15, 0.2) is 5.82 Å². The standard InChI is InChI=1S/C14H14ClF3N6OS/c15-10-5-8(14(16,17)18)6-19-12(10)20-11(25)7-26-13-21-22-23-24(13)9-3-1-2-4-9/h5-6,9H,1-4,7H2,(H,19,20,25). The Labute approximate surface area is 155 Å². The fraction of sp³-hybridized carbons (Fsp3) is 0.500. The third kappa shape index (κ3) is 4.44. The molecule has 2 heterocycles. The smallest absolute Gasteiger partial charge is 0.309 e. The van der Waals surface area contributed by atoms with Gasteiger partial charge in [-0.1, -0.05) is 36.2 Å². The highest BCUT2D eigenvalue weighted by Crippen LogP contribution is 2.33. The Hall–Kier alpha value is -1.88. The fourth-order valence-corrected chi connectivity index (χ4v) is 3.60. The van der Waals surface area contributed by atoms with E-state index in [0.717, 1.165) is 43.5 Å². The number of hydrogen-bond donors (Lipinski definition) is 1. The number of nitrogens with one attached hydrogen (secondary N) is 1. The van der Waals surface area contributed by atoms with Gasteiger partial charge in [0.2, 0.25) is 11.1 Å². The number of nitrogens with zero attached hydrogens (tertiary/aromatic N) is 5. The maximum atomic E-state index is 12.6. The van der Waals surface area contributed by atoms with Crippen LogP contribution in [0.4, 0.5) is 19.0 Å². The van der Waals surface area contributed by atoms with Crippen molar-refractivity contribution in [2.45, 2.75) is 43.1 Å². The maximum Gasteiger partial charge on any atom is 0.417 e. The molecule has 0 aromatic carbocycles. The number of rotatable bonds is 5. The van der Waals surface area contributed by atoms with Gasteiger partial charge in [0, 0.05) is 6.20 Å². The fourth-order valence-electron chi connectivity index (χ4n) is 2.64. The van der Waals surface area contributed by atoms with E-state index < -0.39 is 17.6 Å². The number of halogens is 4. The number of hydrogen-bond acceptors (Lipinski definition) is 6. The average molecular weight is 407 g/mol. The van der Waals surface area contributed by atoms with E-state index in [9.17, 15) is 18.0 Å². The zero-order valence-electron chi connectivity index (χ0n) is 13.3. The molecule has 12 heteroatoms. The average Bonchev–Trinajstić information content (AvgIpc) is 3.24. The van der Waals surface area contributed by atoms with Crippen LogP contribution >= 0.6 is 23.4 Å². The van der Waals surface area contributed by atoms with E-state index >= 15 is 0 Å². The minimum Gasteiger partial charge on any atom is -0.309 e. The van der Waals surface area contributed by atoms with Gasteiger partial charge in [0.25, 0.3) is 0 Å². The van der Waals surface area contributed by atoms with Crippen LogP contribution in [0.5, 0.6) is 0 Å². The van der Waals surface area contributed by atoms with Crippen LogP contribution in [-0.2, 0) is 11.0 Å². The topological polar surface area (TPSA) is 85.6 Å². The first kappa shape index (κ1) is 18.9. The third-order valence-electron chi connectivity index (χ3n) is 3.89. The second-order valence-electron chi connectivity index (χ2n) is 5.73. The summed E-state index contributed by atoms with van der Waals surface area (Å²) in [5.41, 5.74) is -0.981. The van der Waals surface area contributed by atoms with Crippen molar-refractivity contribution < 1.29 is 18.0 Å². The van der Waals surface area contributed by atoms with E-state index in [1.54, 1.807) is 4.68 Å². The zero-order chi connectivity index (χ0) is 18.7. The highest BCUT2D eigenvalue weighted by molar-refractivity contribution is 7.99. The Morgan fingerprint density at radius 1 is 1.38 bits per heavy atom. The van der Waals surface area contributed by atoms with Gasteiger partial charge in [-0.05, 0) is 29.3 Å². The molecule has 1 saturated carbocycles. The lowest BCUT2D eigenvalue weighted by atomic mass is 10.3. The number of aromatic nitrogens is 5. The lowest BCUT2D eigenvalue weighted by molar-refractivity contribution is -0.137. The van der Waals surface area contributed by atoms with Crippen LogP contribution in [0.25, 0.3) is 0 Å². The molecule has 2 aromatic heterocycles. The van der Waals surface area contributed by atoms with Crippen LogP contribution in [0.1, 0.15) is 37.3 Å². The zero-order valence-corrected chi connectivity index (χ0v) is 14.9. The summed E-state index contributed by atoms with van der Waals surface area (Å²) in [7, 11) is 0. The van der Waals surface area contributed by atoms with Crippen molar-refractivity contribution in [3.63, 3.8) is 0 Å². The van der Waals surface area contributed by atoms with Crippen molar-refractivity contribution in [1.82, 2.24) is 25.2 Å². The number of alkyl halides is 3. The van der Waals surface area contributed by atoms with Crippen molar-refractivity contribution in [3.8, 4) is 0 Å². The SMILES string of the molecule is O=C(CSc1nnnn1C1CCCC1)Nc1ncc(C(F)(F)F)cc1Cl. The summed E-state index contributed by atoms with van der Waals surface area (Å²) in [4.78, 5) is 15.6. The molecule has 0 unspecified atom stereocenters. The Morgan fingerprint density at radius 3 is 2.77 bits per heavy atom. The summed E-state index contributed by atoms with van der Waals surface area (Å²) in [5, 5.41) is 14.2. The molecule has 0 saturated heterocycles. The Bertz CT molecular complexity index is 793. The predicted octanol–water partition coefficient (Wildman–Crippen LogP) is 3.59. The molecule has 0 radical (unpaired) electrons. The second-order valence-corrected chi connectivity index (χ2v) is 7.08. The van der Waals surface area contributed by atoms with Gasteiger partial charge >= 0.3 is 6.18 Å². The Kier molecular flexibility index (Phi) is 5.66. The number of anilines is 1. The monoisotopic (exact) mass is 406 g/mol. The molecule has 140 valence electrons. The lowest BCUT2D eigenvalue weighted by Gasteiger charge is -2.11. The van der Waals surface area contributed by atoms with Gasteiger partial charge in [-0.2, -0.15) is 13.2 Å². The summed E-state index contributed by atoms with van der Waals surface area (Å²) in [6.07, 6.45) is 0.299. The van der Waals surface area contributed by atoms with Crippen LogP contribution in [0.3, 0.4) is 0 Å².